The quantitative estimate of drug-likeness (QED) is 0.495. The maximum absolute atomic E-state index is 12.2. The molecule has 0 saturated carbocycles. The fourth-order valence-electron chi connectivity index (χ4n) is 2.94. The fourth-order valence-corrected chi connectivity index (χ4v) is 2.94. The van der Waals surface area contributed by atoms with Gasteiger partial charge in [0.15, 0.2) is 0 Å². The highest BCUT2D eigenvalue weighted by Crippen LogP contribution is 2.20. The first kappa shape index (κ1) is 16.1. The molecule has 3 N–H and O–H groups in total. The van der Waals surface area contributed by atoms with Crippen molar-refractivity contribution in [1.29, 1.82) is 0 Å². The Labute approximate surface area is 139 Å². The second kappa shape index (κ2) is 6.39. The van der Waals surface area contributed by atoms with E-state index in [9.17, 15) is 15.1 Å². The molecular formula is C18H21N3O3. The first-order valence-corrected chi connectivity index (χ1v) is 8.09. The van der Waals surface area contributed by atoms with Gasteiger partial charge in [-0.25, -0.2) is 0 Å². The van der Waals surface area contributed by atoms with Gasteiger partial charge in [0.25, 0.3) is 5.69 Å². The van der Waals surface area contributed by atoms with Gasteiger partial charge in [-0.3, -0.25) is 4.79 Å². The van der Waals surface area contributed by atoms with Crippen LogP contribution in [0.4, 0.5) is 0 Å². The van der Waals surface area contributed by atoms with E-state index in [0.717, 1.165) is 16.5 Å². The average molecular weight is 327 g/mol. The predicted octanol–water partition coefficient (Wildman–Crippen LogP) is 2.18. The minimum Gasteiger partial charge on any atom is -0.616 e. The molecule has 0 aliphatic carbocycles. The molecule has 6 heteroatoms. The molecule has 0 bridgehead atoms. The van der Waals surface area contributed by atoms with Gasteiger partial charge in [0.05, 0.1) is 0 Å². The molecule has 0 aliphatic heterocycles. The van der Waals surface area contributed by atoms with Crippen molar-refractivity contribution in [2.24, 2.45) is 5.92 Å². The summed E-state index contributed by atoms with van der Waals surface area (Å²) in [4.78, 5) is 18.0. The molecule has 3 aromatic rings. The van der Waals surface area contributed by atoms with E-state index >= 15 is 0 Å². The summed E-state index contributed by atoms with van der Waals surface area (Å²) < 4.78 is 0.364. The third kappa shape index (κ3) is 2.99. The zero-order chi connectivity index (χ0) is 17.3. The van der Waals surface area contributed by atoms with Gasteiger partial charge in [-0.1, -0.05) is 32.0 Å². The van der Waals surface area contributed by atoms with Crippen LogP contribution in [0.25, 0.3) is 10.9 Å². The summed E-state index contributed by atoms with van der Waals surface area (Å²) in [7, 11) is 0. The largest absolute Gasteiger partial charge is 0.616 e. The Kier molecular flexibility index (Phi) is 4.29. The Balaban J connectivity index is 1.87. The number of fused-ring (bicyclic) bond motifs is 1. The number of para-hydroxylation sites is 1. The van der Waals surface area contributed by atoms with Gasteiger partial charge in [-0.15, -0.1) is 4.73 Å². The van der Waals surface area contributed by atoms with E-state index in [2.05, 4.69) is 9.97 Å². The molecular weight excluding hydrogens is 306 g/mol. The summed E-state index contributed by atoms with van der Waals surface area (Å²) in [5.74, 6) is -0.257. The summed E-state index contributed by atoms with van der Waals surface area (Å²) in [5.41, 5.74) is 2.02. The molecule has 24 heavy (non-hydrogen) atoms. The Hall–Kier alpha value is -2.76. The van der Waals surface area contributed by atoms with Crippen molar-refractivity contribution < 1.29 is 9.84 Å². The Bertz CT molecular complexity index is 925. The third-order valence-electron chi connectivity index (χ3n) is 4.15. The van der Waals surface area contributed by atoms with Gasteiger partial charge in [-0.05, 0) is 24.0 Å². The normalized spacial score (nSPS) is 11.5. The second-order valence-electron chi connectivity index (χ2n) is 6.45. The maximum Gasteiger partial charge on any atom is 0.397 e. The number of benzene rings is 1. The van der Waals surface area contributed by atoms with Crippen molar-refractivity contribution in [3.63, 3.8) is 0 Å². The molecule has 6 nitrogen and oxygen atoms in total. The van der Waals surface area contributed by atoms with Crippen LogP contribution in [0.1, 0.15) is 30.8 Å². The Morgan fingerprint density at radius 3 is 2.75 bits per heavy atom. The molecule has 0 saturated heterocycles. The highest BCUT2D eigenvalue weighted by molar-refractivity contribution is 5.83. The van der Waals surface area contributed by atoms with E-state index in [1.807, 2.05) is 44.3 Å². The monoisotopic (exact) mass is 327 g/mol. The van der Waals surface area contributed by atoms with Crippen LogP contribution in [-0.4, -0.2) is 15.1 Å². The molecule has 3 rings (SSSR count). The summed E-state index contributed by atoms with van der Waals surface area (Å²) >= 11 is 0. The molecule has 0 amide bonds. The molecule has 0 radical (unpaired) electrons. The standard InChI is InChI=1S/C18H21N3O3/c1-11(2)9-16-17(22)20-15(18(23)21(16)24)8-7-12-10-19-14-6-4-3-5-13(12)14/h3-6,10-11,19,23H,7-9H2,1-2H3,(H,20,22). The van der Waals surface area contributed by atoms with Gasteiger partial charge in [0, 0.05) is 29.9 Å². The van der Waals surface area contributed by atoms with E-state index < -0.39 is 11.4 Å². The molecule has 2 heterocycles. The van der Waals surface area contributed by atoms with E-state index in [0.29, 0.717) is 24.0 Å². The lowest BCUT2D eigenvalue weighted by Gasteiger charge is -2.10. The predicted molar refractivity (Wildman–Crippen MR) is 91.9 cm³/mol. The van der Waals surface area contributed by atoms with Crippen LogP contribution >= 0.6 is 0 Å². The highest BCUT2D eigenvalue weighted by atomic mass is 16.5. The minimum atomic E-state index is -0.426. The molecule has 126 valence electrons. The number of hydrogen-bond acceptors (Lipinski definition) is 3. The van der Waals surface area contributed by atoms with E-state index in [1.165, 1.54) is 0 Å². The number of rotatable bonds is 5. The Morgan fingerprint density at radius 1 is 1.25 bits per heavy atom. The zero-order valence-electron chi connectivity index (χ0n) is 13.8. The lowest BCUT2D eigenvalue weighted by atomic mass is 10.1. The summed E-state index contributed by atoms with van der Waals surface area (Å²) in [6, 6.07) is 7.93. The van der Waals surface area contributed by atoms with E-state index in [4.69, 9.17) is 0 Å². The number of aryl methyl sites for hydroxylation is 2. The van der Waals surface area contributed by atoms with Crippen molar-refractivity contribution >= 4 is 10.9 Å². The third-order valence-corrected chi connectivity index (χ3v) is 4.15. The number of H-pyrrole nitrogens is 2. The van der Waals surface area contributed by atoms with Gasteiger partial charge in [-0.2, -0.15) is 0 Å². The van der Waals surface area contributed by atoms with Gasteiger partial charge in [0.1, 0.15) is 5.69 Å². The number of aromatic nitrogens is 3. The molecule has 2 aromatic heterocycles. The number of aromatic hydroxyl groups is 1. The van der Waals surface area contributed by atoms with Crippen molar-refractivity contribution in [2.45, 2.75) is 33.1 Å². The maximum atomic E-state index is 12.2. The highest BCUT2D eigenvalue weighted by Gasteiger charge is 2.22. The SMILES string of the molecule is CC(C)Cc1c(=O)[nH]c(CCc2c[nH]c3ccccc23)c(O)[n+]1[O-]. The Morgan fingerprint density at radius 2 is 2.00 bits per heavy atom. The van der Waals surface area contributed by atoms with Crippen molar-refractivity contribution in [2.75, 3.05) is 0 Å². The lowest BCUT2D eigenvalue weighted by Crippen LogP contribution is -2.41. The smallest absolute Gasteiger partial charge is 0.397 e. The van der Waals surface area contributed by atoms with Crippen LogP contribution in [0, 0.1) is 11.1 Å². The van der Waals surface area contributed by atoms with Gasteiger partial charge < -0.3 is 20.3 Å². The average Bonchev–Trinajstić information content (AvgIpc) is 2.97. The van der Waals surface area contributed by atoms with Crippen LogP contribution in [0.3, 0.4) is 0 Å². The molecule has 1 aromatic carbocycles. The zero-order valence-corrected chi connectivity index (χ0v) is 13.8. The number of nitrogens with zero attached hydrogens (tertiary/aromatic N) is 1. The first-order valence-electron chi connectivity index (χ1n) is 8.09. The van der Waals surface area contributed by atoms with Crippen molar-refractivity contribution in [3.05, 3.63) is 63.0 Å². The summed E-state index contributed by atoms with van der Waals surface area (Å²) in [6.07, 6.45) is 3.23. The molecule has 0 unspecified atom stereocenters. The second-order valence-corrected chi connectivity index (χ2v) is 6.45. The van der Waals surface area contributed by atoms with Crippen LogP contribution in [0.5, 0.6) is 5.88 Å². The van der Waals surface area contributed by atoms with Crippen LogP contribution in [0.2, 0.25) is 0 Å². The van der Waals surface area contributed by atoms with Crippen molar-refractivity contribution in [3.8, 4) is 5.88 Å². The lowest BCUT2D eigenvalue weighted by molar-refractivity contribution is -0.624. The summed E-state index contributed by atoms with van der Waals surface area (Å²) in [6.45, 7) is 3.84. The van der Waals surface area contributed by atoms with Crippen LogP contribution in [-0.2, 0) is 19.3 Å². The van der Waals surface area contributed by atoms with Crippen LogP contribution < -0.4 is 10.3 Å². The van der Waals surface area contributed by atoms with Crippen LogP contribution in [0.15, 0.2) is 35.3 Å². The molecule has 0 spiro atoms. The fraction of sp³-hybridized carbons (Fsp3) is 0.333. The summed E-state index contributed by atoms with van der Waals surface area (Å²) in [5, 5.41) is 23.4. The van der Waals surface area contributed by atoms with E-state index in [1.54, 1.807) is 0 Å². The molecule has 0 fully saturated rings. The number of nitrogens with one attached hydrogen (secondary N) is 2. The topological polar surface area (TPSA) is 95.8 Å². The number of hydrogen-bond donors (Lipinski definition) is 3. The minimum absolute atomic E-state index is 0.0540. The van der Waals surface area contributed by atoms with Crippen molar-refractivity contribution in [1.82, 2.24) is 9.97 Å². The number of aromatic amines is 2. The van der Waals surface area contributed by atoms with E-state index in [-0.39, 0.29) is 17.3 Å². The van der Waals surface area contributed by atoms with Gasteiger partial charge >= 0.3 is 11.4 Å². The first-order chi connectivity index (χ1) is 11.5. The molecule has 0 atom stereocenters. The molecule has 0 aliphatic rings. The van der Waals surface area contributed by atoms with Gasteiger partial charge in [0.2, 0.25) is 0 Å².